The highest BCUT2D eigenvalue weighted by atomic mass is 16.5. The maximum Gasteiger partial charge on any atom is 0.223 e. The van der Waals surface area contributed by atoms with Gasteiger partial charge in [0.2, 0.25) is 5.91 Å². The number of rotatable bonds is 6. The number of nitrogens with one attached hydrogen (secondary N) is 1. The Hall–Kier alpha value is -1.55. The van der Waals surface area contributed by atoms with Crippen LogP contribution < -0.4 is 15.8 Å². The van der Waals surface area contributed by atoms with Crippen LogP contribution in [0.4, 0.5) is 0 Å². The van der Waals surface area contributed by atoms with Crippen molar-refractivity contribution in [1.82, 2.24) is 5.32 Å². The lowest BCUT2D eigenvalue weighted by Crippen LogP contribution is -2.24. The summed E-state index contributed by atoms with van der Waals surface area (Å²) in [4.78, 5) is 11.2. The van der Waals surface area contributed by atoms with Gasteiger partial charge in [0.05, 0.1) is 13.0 Å². The Morgan fingerprint density at radius 2 is 2.18 bits per heavy atom. The van der Waals surface area contributed by atoms with Crippen molar-refractivity contribution in [1.29, 1.82) is 0 Å². The van der Waals surface area contributed by atoms with Crippen LogP contribution >= 0.6 is 0 Å². The van der Waals surface area contributed by atoms with Crippen LogP contribution in [0.1, 0.15) is 31.9 Å². The maximum absolute atomic E-state index is 11.2. The van der Waals surface area contributed by atoms with Crippen molar-refractivity contribution in [3.8, 4) is 5.75 Å². The molecule has 17 heavy (non-hydrogen) atoms. The van der Waals surface area contributed by atoms with Crippen LogP contribution in [-0.4, -0.2) is 19.1 Å². The molecule has 0 unspecified atom stereocenters. The highest BCUT2D eigenvalue weighted by Crippen LogP contribution is 2.23. The van der Waals surface area contributed by atoms with Gasteiger partial charge in [0, 0.05) is 18.2 Å². The summed E-state index contributed by atoms with van der Waals surface area (Å²) in [6.45, 7) is 4.82. The standard InChI is InChI=1S/C13H20N2O2/c1-3-15-13(16)8-9-17-12-7-5-4-6-11(12)10(2)14/h4-7,10H,3,8-9,14H2,1-2H3,(H,15,16)/t10-/m1/s1. The molecular weight excluding hydrogens is 216 g/mol. The summed E-state index contributed by atoms with van der Waals surface area (Å²) in [6, 6.07) is 7.56. The third kappa shape index (κ3) is 4.44. The Morgan fingerprint density at radius 3 is 2.82 bits per heavy atom. The smallest absolute Gasteiger partial charge is 0.223 e. The molecule has 0 heterocycles. The van der Waals surface area contributed by atoms with Crippen LogP contribution in [0.25, 0.3) is 0 Å². The molecule has 0 saturated carbocycles. The first kappa shape index (κ1) is 13.5. The minimum absolute atomic E-state index is 0.00535. The first-order valence-corrected chi connectivity index (χ1v) is 5.89. The molecule has 1 rings (SSSR count). The fraction of sp³-hybridized carbons (Fsp3) is 0.462. The number of carbonyl (C=O) groups is 1. The second kappa shape index (κ2) is 6.91. The quantitative estimate of drug-likeness (QED) is 0.788. The largest absolute Gasteiger partial charge is 0.493 e. The molecule has 0 bridgehead atoms. The van der Waals surface area contributed by atoms with E-state index in [1.165, 1.54) is 0 Å². The lowest BCUT2D eigenvalue weighted by molar-refractivity contribution is -0.121. The molecule has 0 saturated heterocycles. The summed E-state index contributed by atoms with van der Waals surface area (Å²) in [5.74, 6) is 0.762. The van der Waals surface area contributed by atoms with Gasteiger partial charge in [0.1, 0.15) is 5.75 Å². The summed E-state index contributed by atoms with van der Waals surface area (Å²) in [7, 11) is 0. The van der Waals surface area contributed by atoms with E-state index in [2.05, 4.69) is 5.32 Å². The fourth-order valence-corrected chi connectivity index (χ4v) is 1.53. The Morgan fingerprint density at radius 1 is 1.47 bits per heavy atom. The SMILES string of the molecule is CCNC(=O)CCOc1ccccc1[C@@H](C)N. The summed E-state index contributed by atoms with van der Waals surface area (Å²) < 4.78 is 5.57. The van der Waals surface area contributed by atoms with E-state index in [4.69, 9.17) is 10.5 Å². The molecule has 0 fully saturated rings. The molecule has 0 aliphatic carbocycles. The first-order chi connectivity index (χ1) is 8.15. The lowest BCUT2D eigenvalue weighted by atomic mass is 10.1. The average molecular weight is 236 g/mol. The van der Waals surface area contributed by atoms with Gasteiger partial charge in [-0.2, -0.15) is 0 Å². The molecule has 3 N–H and O–H groups in total. The molecule has 4 nitrogen and oxygen atoms in total. The topological polar surface area (TPSA) is 64.3 Å². The van der Waals surface area contributed by atoms with Gasteiger partial charge in [-0.25, -0.2) is 0 Å². The van der Waals surface area contributed by atoms with Gasteiger partial charge in [-0.05, 0) is 19.9 Å². The van der Waals surface area contributed by atoms with E-state index in [1.54, 1.807) is 0 Å². The number of amides is 1. The number of hydrogen-bond donors (Lipinski definition) is 2. The van der Waals surface area contributed by atoms with Crippen molar-refractivity contribution in [2.75, 3.05) is 13.2 Å². The van der Waals surface area contributed by atoms with Crippen LogP contribution in [0.5, 0.6) is 5.75 Å². The van der Waals surface area contributed by atoms with E-state index in [1.807, 2.05) is 38.1 Å². The number of carbonyl (C=O) groups excluding carboxylic acids is 1. The van der Waals surface area contributed by atoms with Crippen LogP contribution in [0.3, 0.4) is 0 Å². The van der Waals surface area contributed by atoms with E-state index in [0.29, 0.717) is 19.6 Å². The maximum atomic E-state index is 11.2. The van der Waals surface area contributed by atoms with Gasteiger partial charge in [-0.3, -0.25) is 4.79 Å². The van der Waals surface area contributed by atoms with Crippen molar-refractivity contribution < 1.29 is 9.53 Å². The molecule has 0 aliphatic heterocycles. The third-order valence-corrected chi connectivity index (χ3v) is 2.37. The van der Waals surface area contributed by atoms with E-state index in [0.717, 1.165) is 11.3 Å². The molecular formula is C13H20N2O2. The number of hydrogen-bond acceptors (Lipinski definition) is 3. The van der Waals surface area contributed by atoms with Gasteiger partial charge in [0.25, 0.3) is 0 Å². The molecule has 0 spiro atoms. The summed E-state index contributed by atoms with van der Waals surface area (Å²) in [6.07, 6.45) is 0.362. The molecule has 0 aromatic heterocycles. The van der Waals surface area contributed by atoms with E-state index in [9.17, 15) is 4.79 Å². The third-order valence-electron chi connectivity index (χ3n) is 2.37. The van der Waals surface area contributed by atoms with Crippen LogP contribution in [-0.2, 0) is 4.79 Å². The van der Waals surface area contributed by atoms with Crippen LogP contribution in [0.15, 0.2) is 24.3 Å². The second-order valence-corrected chi connectivity index (χ2v) is 3.88. The summed E-state index contributed by atoms with van der Waals surface area (Å²) in [5.41, 5.74) is 6.80. The zero-order valence-corrected chi connectivity index (χ0v) is 10.4. The highest BCUT2D eigenvalue weighted by molar-refractivity contribution is 5.75. The number of ether oxygens (including phenoxy) is 1. The molecule has 1 aromatic carbocycles. The molecule has 1 amide bonds. The van der Waals surface area contributed by atoms with Gasteiger partial charge in [0.15, 0.2) is 0 Å². The number of para-hydroxylation sites is 1. The molecule has 0 aliphatic rings. The monoisotopic (exact) mass is 236 g/mol. The Balaban J connectivity index is 2.49. The van der Waals surface area contributed by atoms with Crippen molar-refractivity contribution in [3.05, 3.63) is 29.8 Å². The van der Waals surface area contributed by atoms with Crippen molar-refractivity contribution in [2.45, 2.75) is 26.3 Å². The Bertz CT molecular complexity index is 364. The minimum atomic E-state index is -0.0735. The number of benzene rings is 1. The van der Waals surface area contributed by atoms with Crippen LogP contribution in [0, 0.1) is 0 Å². The van der Waals surface area contributed by atoms with Crippen molar-refractivity contribution in [2.24, 2.45) is 5.73 Å². The van der Waals surface area contributed by atoms with Gasteiger partial charge in [-0.1, -0.05) is 18.2 Å². The first-order valence-electron chi connectivity index (χ1n) is 5.89. The zero-order chi connectivity index (χ0) is 12.7. The van der Waals surface area contributed by atoms with Crippen molar-refractivity contribution in [3.63, 3.8) is 0 Å². The summed E-state index contributed by atoms with van der Waals surface area (Å²) >= 11 is 0. The molecule has 1 atom stereocenters. The fourth-order valence-electron chi connectivity index (χ4n) is 1.53. The Kier molecular flexibility index (Phi) is 5.49. The van der Waals surface area contributed by atoms with Gasteiger partial charge in [-0.15, -0.1) is 0 Å². The minimum Gasteiger partial charge on any atom is -0.493 e. The zero-order valence-electron chi connectivity index (χ0n) is 10.4. The Labute approximate surface area is 102 Å². The average Bonchev–Trinajstić information content (AvgIpc) is 2.30. The normalized spacial score (nSPS) is 11.9. The molecule has 1 aromatic rings. The highest BCUT2D eigenvalue weighted by Gasteiger charge is 2.07. The molecule has 4 heteroatoms. The molecule has 94 valence electrons. The van der Waals surface area contributed by atoms with Gasteiger partial charge >= 0.3 is 0 Å². The van der Waals surface area contributed by atoms with E-state index >= 15 is 0 Å². The van der Waals surface area contributed by atoms with E-state index in [-0.39, 0.29) is 11.9 Å². The lowest BCUT2D eigenvalue weighted by Gasteiger charge is -2.13. The predicted octanol–water partition coefficient (Wildman–Crippen LogP) is 1.61. The second-order valence-electron chi connectivity index (χ2n) is 3.88. The number of nitrogens with two attached hydrogens (primary N) is 1. The summed E-state index contributed by atoms with van der Waals surface area (Å²) in [5, 5.41) is 2.73. The predicted molar refractivity (Wildman–Crippen MR) is 67.8 cm³/mol. The van der Waals surface area contributed by atoms with Crippen molar-refractivity contribution >= 4 is 5.91 Å². The molecule has 0 radical (unpaired) electrons. The van der Waals surface area contributed by atoms with Crippen LogP contribution in [0.2, 0.25) is 0 Å². The van der Waals surface area contributed by atoms with E-state index < -0.39 is 0 Å². The van der Waals surface area contributed by atoms with Gasteiger partial charge < -0.3 is 15.8 Å².